The molecule has 6 heteroatoms. The highest BCUT2D eigenvalue weighted by molar-refractivity contribution is 5.92. The Morgan fingerprint density at radius 1 is 1.19 bits per heavy atom. The second-order valence-corrected chi connectivity index (χ2v) is 6.72. The molecule has 2 aromatic rings. The molecule has 1 saturated carbocycles. The summed E-state index contributed by atoms with van der Waals surface area (Å²) in [5, 5.41) is 5.41. The molecule has 6 nitrogen and oxygen atoms in total. The van der Waals surface area contributed by atoms with Crippen LogP contribution in [0.4, 0.5) is 10.5 Å². The van der Waals surface area contributed by atoms with Crippen LogP contribution in [-0.2, 0) is 11.3 Å². The van der Waals surface area contributed by atoms with Gasteiger partial charge < -0.3 is 20.0 Å². The average Bonchev–Trinajstić information content (AvgIpc) is 3.31. The lowest BCUT2D eigenvalue weighted by atomic mass is 10.2. The lowest BCUT2D eigenvalue weighted by Gasteiger charge is -2.28. The van der Waals surface area contributed by atoms with Crippen LogP contribution in [0.1, 0.15) is 37.0 Å². The van der Waals surface area contributed by atoms with Gasteiger partial charge in [0.05, 0.1) is 19.4 Å². The van der Waals surface area contributed by atoms with E-state index < -0.39 is 0 Å². The van der Waals surface area contributed by atoms with Crippen LogP contribution in [0.5, 0.6) is 0 Å². The van der Waals surface area contributed by atoms with Crippen molar-refractivity contribution in [3.05, 3.63) is 54.0 Å². The first-order chi connectivity index (χ1) is 12.6. The van der Waals surface area contributed by atoms with Gasteiger partial charge in [-0.05, 0) is 49.6 Å². The van der Waals surface area contributed by atoms with Gasteiger partial charge in [0.25, 0.3) is 0 Å². The van der Waals surface area contributed by atoms with Crippen molar-refractivity contribution < 1.29 is 14.0 Å². The number of furan rings is 1. The first kappa shape index (κ1) is 18.0. The Morgan fingerprint density at radius 3 is 2.69 bits per heavy atom. The number of carbonyl (C=O) groups excluding carboxylic acids is 2. The van der Waals surface area contributed by atoms with Crippen LogP contribution in [0.15, 0.2) is 47.1 Å². The summed E-state index contributed by atoms with van der Waals surface area (Å²) in [4.78, 5) is 26.6. The maximum absolute atomic E-state index is 12.7. The Balaban J connectivity index is 1.55. The zero-order valence-electron chi connectivity index (χ0n) is 15.0. The van der Waals surface area contributed by atoms with Crippen molar-refractivity contribution in [1.29, 1.82) is 0 Å². The zero-order chi connectivity index (χ0) is 18.4. The van der Waals surface area contributed by atoms with Gasteiger partial charge in [-0.15, -0.1) is 0 Å². The molecule has 0 atom stereocenters. The molecule has 2 N–H and O–H groups in total. The number of benzene rings is 1. The van der Waals surface area contributed by atoms with Gasteiger partial charge in [0.1, 0.15) is 5.76 Å². The third kappa shape index (κ3) is 4.88. The molecule has 1 fully saturated rings. The molecule has 0 saturated heterocycles. The number of hydrogen-bond acceptors (Lipinski definition) is 3. The number of carbonyl (C=O) groups is 2. The molecule has 0 radical (unpaired) electrons. The van der Waals surface area contributed by atoms with E-state index >= 15 is 0 Å². The summed E-state index contributed by atoms with van der Waals surface area (Å²) in [5.41, 5.74) is 1.77. The van der Waals surface area contributed by atoms with Crippen molar-refractivity contribution in [1.82, 2.24) is 10.2 Å². The van der Waals surface area contributed by atoms with Crippen LogP contribution in [0.25, 0.3) is 0 Å². The van der Waals surface area contributed by atoms with Crippen molar-refractivity contribution in [3.8, 4) is 0 Å². The van der Waals surface area contributed by atoms with Crippen molar-refractivity contribution in [2.24, 2.45) is 0 Å². The van der Waals surface area contributed by atoms with Crippen molar-refractivity contribution in [3.63, 3.8) is 0 Å². The maximum Gasteiger partial charge on any atom is 0.319 e. The fourth-order valence-electron chi connectivity index (χ4n) is 3.36. The van der Waals surface area contributed by atoms with Gasteiger partial charge in [0.2, 0.25) is 5.91 Å². The smallest absolute Gasteiger partial charge is 0.319 e. The van der Waals surface area contributed by atoms with E-state index in [-0.39, 0.29) is 24.5 Å². The second-order valence-electron chi connectivity index (χ2n) is 6.72. The number of aryl methyl sites for hydroxylation is 1. The molecule has 0 aliphatic heterocycles. The van der Waals surface area contributed by atoms with Gasteiger partial charge in [0.15, 0.2) is 0 Å². The molecular formula is C20H25N3O3. The molecule has 1 aromatic carbocycles. The Morgan fingerprint density at radius 2 is 2.00 bits per heavy atom. The topological polar surface area (TPSA) is 74.6 Å². The average molecular weight is 355 g/mol. The minimum absolute atomic E-state index is 0.0329. The number of anilines is 1. The first-order valence-electron chi connectivity index (χ1n) is 9.05. The maximum atomic E-state index is 12.7. The lowest BCUT2D eigenvalue weighted by Crippen LogP contribution is -2.45. The molecule has 1 aromatic heterocycles. The van der Waals surface area contributed by atoms with E-state index in [1.54, 1.807) is 6.26 Å². The van der Waals surface area contributed by atoms with Crippen LogP contribution in [0.2, 0.25) is 0 Å². The monoisotopic (exact) mass is 355 g/mol. The molecular weight excluding hydrogens is 330 g/mol. The molecule has 1 aliphatic rings. The van der Waals surface area contributed by atoms with Crippen LogP contribution in [0.3, 0.4) is 0 Å². The minimum atomic E-state index is -0.381. The van der Waals surface area contributed by atoms with Gasteiger partial charge >= 0.3 is 6.03 Å². The first-order valence-corrected chi connectivity index (χ1v) is 9.05. The zero-order valence-corrected chi connectivity index (χ0v) is 15.0. The predicted molar refractivity (Wildman–Crippen MR) is 99.7 cm³/mol. The van der Waals surface area contributed by atoms with Crippen LogP contribution in [-0.4, -0.2) is 29.4 Å². The summed E-state index contributed by atoms with van der Waals surface area (Å²) in [6.07, 6.45) is 5.88. The van der Waals surface area contributed by atoms with Crippen LogP contribution < -0.4 is 10.6 Å². The number of hydrogen-bond donors (Lipinski definition) is 2. The number of urea groups is 1. The quantitative estimate of drug-likeness (QED) is 0.830. The third-order valence-corrected chi connectivity index (χ3v) is 4.67. The van der Waals surface area contributed by atoms with Gasteiger partial charge in [-0.2, -0.15) is 0 Å². The molecule has 1 heterocycles. The Kier molecular flexibility index (Phi) is 5.94. The van der Waals surface area contributed by atoms with E-state index in [0.29, 0.717) is 12.2 Å². The van der Waals surface area contributed by atoms with Gasteiger partial charge in [0, 0.05) is 11.7 Å². The predicted octanol–water partition coefficient (Wildman–Crippen LogP) is 3.68. The summed E-state index contributed by atoms with van der Waals surface area (Å²) in [7, 11) is 0. The normalized spacial score (nSPS) is 14.2. The van der Waals surface area contributed by atoms with Crippen LogP contribution in [0, 0.1) is 6.92 Å². The van der Waals surface area contributed by atoms with E-state index in [9.17, 15) is 9.59 Å². The van der Waals surface area contributed by atoms with Crippen molar-refractivity contribution >= 4 is 17.6 Å². The summed E-state index contributed by atoms with van der Waals surface area (Å²) in [5.74, 6) is 0.669. The molecule has 138 valence electrons. The molecule has 3 amide bonds. The third-order valence-electron chi connectivity index (χ3n) is 4.67. The summed E-state index contributed by atoms with van der Waals surface area (Å²) < 4.78 is 5.40. The van der Waals surface area contributed by atoms with E-state index in [4.69, 9.17) is 4.42 Å². The molecule has 0 spiro atoms. The minimum Gasteiger partial charge on any atom is -0.467 e. The van der Waals surface area contributed by atoms with Gasteiger partial charge in [-0.1, -0.05) is 25.0 Å². The van der Waals surface area contributed by atoms with Gasteiger partial charge in [-0.25, -0.2) is 4.79 Å². The highest BCUT2D eigenvalue weighted by atomic mass is 16.3. The number of rotatable bonds is 6. The van der Waals surface area contributed by atoms with E-state index in [0.717, 1.165) is 37.0 Å². The van der Waals surface area contributed by atoms with Crippen LogP contribution >= 0.6 is 0 Å². The number of amides is 3. The molecule has 0 bridgehead atoms. The highest BCUT2D eigenvalue weighted by Crippen LogP contribution is 2.25. The fraction of sp³-hybridized carbons (Fsp3) is 0.400. The second kappa shape index (κ2) is 8.56. The molecule has 3 rings (SSSR count). The van der Waals surface area contributed by atoms with E-state index in [1.807, 2.05) is 48.2 Å². The fourth-order valence-corrected chi connectivity index (χ4v) is 3.36. The highest BCUT2D eigenvalue weighted by Gasteiger charge is 2.27. The Labute approximate surface area is 153 Å². The molecule has 0 unspecified atom stereocenters. The molecule has 1 aliphatic carbocycles. The standard InChI is InChI=1S/C20H25N3O3/c1-15-6-4-7-16(12-15)22-20(25)21-13-19(24)23(17-8-2-3-9-17)14-18-10-5-11-26-18/h4-7,10-12,17H,2-3,8-9,13-14H2,1H3,(H2,21,22,25). The summed E-state index contributed by atoms with van der Waals surface area (Å²) >= 11 is 0. The van der Waals surface area contributed by atoms with Gasteiger partial charge in [-0.3, -0.25) is 4.79 Å². The van der Waals surface area contributed by atoms with E-state index in [1.165, 1.54) is 0 Å². The Hall–Kier alpha value is -2.76. The summed E-state index contributed by atoms with van der Waals surface area (Å²) in [6.45, 7) is 2.37. The number of nitrogens with zero attached hydrogens (tertiary/aromatic N) is 1. The lowest BCUT2D eigenvalue weighted by molar-refractivity contribution is -0.133. The van der Waals surface area contributed by atoms with E-state index in [2.05, 4.69) is 10.6 Å². The Bertz CT molecular complexity index is 737. The largest absolute Gasteiger partial charge is 0.467 e. The summed E-state index contributed by atoms with van der Waals surface area (Å²) in [6, 6.07) is 11.1. The SMILES string of the molecule is Cc1cccc(NC(=O)NCC(=O)N(Cc2ccco2)C2CCCC2)c1. The van der Waals surface area contributed by atoms with Crippen molar-refractivity contribution in [2.75, 3.05) is 11.9 Å². The molecule has 26 heavy (non-hydrogen) atoms. The van der Waals surface area contributed by atoms with Crippen molar-refractivity contribution in [2.45, 2.75) is 45.2 Å². The number of nitrogens with one attached hydrogen (secondary N) is 2.